The van der Waals surface area contributed by atoms with Gasteiger partial charge in [-0.2, -0.15) is 0 Å². The highest BCUT2D eigenvalue weighted by atomic mass is 16.5. The summed E-state index contributed by atoms with van der Waals surface area (Å²) in [5.41, 5.74) is 3.68. The minimum atomic E-state index is -0.604. The molecule has 1 unspecified atom stereocenters. The van der Waals surface area contributed by atoms with E-state index in [2.05, 4.69) is 19.7 Å². The lowest BCUT2D eigenvalue weighted by Gasteiger charge is -2.16. The molecular weight excluding hydrogens is 408 g/mol. The van der Waals surface area contributed by atoms with E-state index in [4.69, 9.17) is 14.2 Å². The summed E-state index contributed by atoms with van der Waals surface area (Å²) in [6.07, 6.45) is 0. The van der Waals surface area contributed by atoms with Gasteiger partial charge in [0.25, 0.3) is 0 Å². The molecule has 0 amide bonds. The van der Waals surface area contributed by atoms with Crippen molar-refractivity contribution in [1.29, 1.82) is 0 Å². The monoisotopic (exact) mass is 432 g/mol. The SMILES string of the molecule is C=C(C)C(=O)Oc1cc(OC(=O)C(=C)C)c2c(c1)-c1cccc(OC(=O)C(=C)C)c1C2C. The van der Waals surface area contributed by atoms with E-state index in [1.807, 2.05) is 13.0 Å². The molecule has 6 nitrogen and oxygen atoms in total. The highest BCUT2D eigenvalue weighted by Gasteiger charge is 2.34. The van der Waals surface area contributed by atoms with E-state index >= 15 is 0 Å². The van der Waals surface area contributed by atoms with Crippen LogP contribution in [0.5, 0.6) is 17.2 Å². The average molecular weight is 432 g/mol. The van der Waals surface area contributed by atoms with Crippen LogP contribution in [0.3, 0.4) is 0 Å². The molecule has 32 heavy (non-hydrogen) atoms. The van der Waals surface area contributed by atoms with E-state index < -0.39 is 17.9 Å². The van der Waals surface area contributed by atoms with Gasteiger partial charge >= 0.3 is 17.9 Å². The number of hydrogen-bond acceptors (Lipinski definition) is 6. The van der Waals surface area contributed by atoms with E-state index in [1.54, 1.807) is 32.0 Å². The molecule has 0 aromatic heterocycles. The van der Waals surface area contributed by atoms with Gasteiger partial charge in [-0.25, -0.2) is 14.4 Å². The zero-order valence-corrected chi connectivity index (χ0v) is 18.5. The summed E-state index contributed by atoms with van der Waals surface area (Å²) in [6, 6.07) is 8.51. The molecule has 2 aromatic rings. The van der Waals surface area contributed by atoms with Crippen molar-refractivity contribution in [1.82, 2.24) is 0 Å². The standard InChI is InChI=1S/C26H24O6/c1-13(2)24(27)30-17-11-19-18-9-8-10-20(31-25(28)14(3)4)22(18)16(7)23(19)21(12-17)32-26(29)15(5)6/h8-12,16H,1,3,5H2,2,4,6-7H3. The molecule has 0 radical (unpaired) electrons. The van der Waals surface area contributed by atoms with Crippen molar-refractivity contribution in [2.45, 2.75) is 33.6 Å². The van der Waals surface area contributed by atoms with Crippen LogP contribution in [0.1, 0.15) is 44.7 Å². The topological polar surface area (TPSA) is 78.9 Å². The molecule has 0 saturated heterocycles. The Labute approximate surface area is 186 Å². The maximum atomic E-state index is 12.3. The number of benzene rings is 2. The summed E-state index contributed by atoms with van der Waals surface area (Å²) in [5.74, 6) is -1.19. The summed E-state index contributed by atoms with van der Waals surface area (Å²) >= 11 is 0. The molecule has 0 fully saturated rings. The zero-order valence-electron chi connectivity index (χ0n) is 18.5. The maximum Gasteiger partial charge on any atom is 0.338 e. The fourth-order valence-corrected chi connectivity index (χ4v) is 3.44. The van der Waals surface area contributed by atoms with Gasteiger partial charge in [-0.3, -0.25) is 0 Å². The second kappa shape index (κ2) is 8.67. The summed E-state index contributed by atoms with van der Waals surface area (Å²) in [4.78, 5) is 36.5. The number of ether oxygens (including phenoxy) is 3. The molecule has 2 aromatic carbocycles. The lowest BCUT2D eigenvalue weighted by molar-refractivity contribution is -0.131. The zero-order chi connectivity index (χ0) is 23.7. The Kier molecular flexibility index (Phi) is 6.16. The molecule has 3 rings (SSSR count). The number of fused-ring (bicyclic) bond motifs is 3. The molecule has 1 aliphatic carbocycles. The molecule has 0 aliphatic heterocycles. The smallest absolute Gasteiger partial charge is 0.338 e. The van der Waals surface area contributed by atoms with Crippen molar-refractivity contribution in [2.24, 2.45) is 0 Å². The highest BCUT2D eigenvalue weighted by molar-refractivity contribution is 5.93. The van der Waals surface area contributed by atoms with Crippen LogP contribution >= 0.6 is 0 Å². The van der Waals surface area contributed by atoms with Gasteiger partial charge in [-0.05, 0) is 44.0 Å². The maximum absolute atomic E-state index is 12.3. The average Bonchev–Trinajstić information content (AvgIpc) is 3.01. The summed E-state index contributed by atoms with van der Waals surface area (Å²) in [6.45, 7) is 17.4. The Morgan fingerprint density at radius 1 is 0.719 bits per heavy atom. The lowest BCUT2D eigenvalue weighted by atomic mass is 9.97. The predicted molar refractivity (Wildman–Crippen MR) is 121 cm³/mol. The van der Waals surface area contributed by atoms with Gasteiger partial charge in [-0.1, -0.05) is 38.8 Å². The van der Waals surface area contributed by atoms with E-state index in [-0.39, 0.29) is 34.1 Å². The molecule has 0 bridgehead atoms. The normalized spacial score (nSPS) is 13.4. The van der Waals surface area contributed by atoms with E-state index in [0.717, 1.165) is 11.1 Å². The Bertz CT molecular complexity index is 1200. The number of rotatable bonds is 6. The summed E-state index contributed by atoms with van der Waals surface area (Å²) in [7, 11) is 0. The number of carbonyl (C=O) groups excluding carboxylic acids is 3. The third-order valence-electron chi connectivity index (χ3n) is 5.00. The first-order valence-electron chi connectivity index (χ1n) is 9.95. The largest absolute Gasteiger partial charge is 0.423 e. The Balaban J connectivity index is 2.17. The van der Waals surface area contributed by atoms with Gasteiger partial charge in [0.15, 0.2) is 0 Å². The van der Waals surface area contributed by atoms with Crippen LogP contribution in [-0.4, -0.2) is 17.9 Å². The van der Waals surface area contributed by atoms with Crippen molar-refractivity contribution in [3.63, 3.8) is 0 Å². The van der Waals surface area contributed by atoms with Crippen LogP contribution in [0.4, 0.5) is 0 Å². The van der Waals surface area contributed by atoms with Crippen molar-refractivity contribution >= 4 is 17.9 Å². The van der Waals surface area contributed by atoms with E-state index in [0.29, 0.717) is 16.9 Å². The van der Waals surface area contributed by atoms with Crippen LogP contribution < -0.4 is 14.2 Å². The molecule has 6 heteroatoms. The first-order chi connectivity index (χ1) is 15.0. The predicted octanol–water partition coefficient (Wildman–Crippen LogP) is 5.26. The quantitative estimate of drug-likeness (QED) is 0.352. The molecule has 0 saturated carbocycles. The van der Waals surface area contributed by atoms with Crippen molar-refractivity contribution < 1.29 is 28.6 Å². The molecule has 1 atom stereocenters. The molecule has 1 aliphatic rings. The molecule has 0 heterocycles. The number of carbonyl (C=O) groups is 3. The first-order valence-corrected chi connectivity index (χ1v) is 9.95. The minimum absolute atomic E-state index is 0.200. The lowest BCUT2D eigenvalue weighted by Crippen LogP contribution is -2.12. The van der Waals surface area contributed by atoms with E-state index in [1.165, 1.54) is 13.0 Å². The van der Waals surface area contributed by atoms with Crippen LogP contribution in [0, 0.1) is 0 Å². The molecular formula is C26H24O6. The van der Waals surface area contributed by atoms with Crippen molar-refractivity contribution in [3.8, 4) is 28.4 Å². The fourth-order valence-electron chi connectivity index (χ4n) is 3.44. The number of esters is 3. The van der Waals surface area contributed by atoms with Gasteiger partial charge in [0, 0.05) is 39.8 Å². The highest BCUT2D eigenvalue weighted by Crippen LogP contribution is 2.53. The Hall–Kier alpha value is -3.93. The fraction of sp³-hybridized carbons (Fsp3) is 0.192. The summed E-state index contributed by atoms with van der Waals surface area (Å²) < 4.78 is 16.5. The van der Waals surface area contributed by atoms with Gasteiger partial charge in [0.05, 0.1) is 0 Å². The third kappa shape index (κ3) is 4.25. The molecule has 164 valence electrons. The van der Waals surface area contributed by atoms with Crippen LogP contribution in [0.25, 0.3) is 11.1 Å². The second-order valence-corrected chi connectivity index (χ2v) is 7.83. The van der Waals surface area contributed by atoms with Crippen LogP contribution in [-0.2, 0) is 14.4 Å². The Morgan fingerprint density at radius 2 is 1.22 bits per heavy atom. The second-order valence-electron chi connectivity index (χ2n) is 7.83. The van der Waals surface area contributed by atoms with Crippen molar-refractivity contribution in [2.75, 3.05) is 0 Å². The Morgan fingerprint density at radius 3 is 1.78 bits per heavy atom. The third-order valence-corrected chi connectivity index (χ3v) is 5.00. The molecule has 0 spiro atoms. The minimum Gasteiger partial charge on any atom is -0.423 e. The van der Waals surface area contributed by atoms with Gasteiger partial charge < -0.3 is 14.2 Å². The summed E-state index contributed by atoms with van der Waals surface area (Å²) in [5, 5.41) is 0. The van der Waals surface area contributed by atoms with Gasteiger partial charge in [0.1, 0.15) is 17.2 Å². The van der Waals surface area contributed by atoms with Crippen LogP contribution in [0.15, 0.2) is 66.8 Å². The van der Waals surface area contributed by atoms with E-state index in [9.17, 15) is 14.4 Å². The first kappa shape index (κ1) is 22.7. The molecule has 0 N–H and O–H groups in total. The van der Waals surface area contributed by atoms with Gasteiger partial charge in [0.2, 0.25) is 0 Å². The van der Waals surface area contributed by atoms with Crippen LogP contribution in [0.2, 0.25) is 0 Å². The van der Waals surface area contributed by atoms with Gasteiger partial charge in [-0.15, -0.1) is 0 Å². The number of hydrogen-bond donors (Lipinski definition) is 0. The van der Waals surface area contributed by atoms with Crippen molar-refractivity contribution in [3.05, 3.63) is 77.9 Å².